The summed E-state index contributed by atoms with van der Waals surface area (Å²) >= 11 is 0. The van der Waals surface area contributed by atoms with Gasteiger partial charge < -0.3 is 0 Å². The molecule has 0 aliphatic rings. The van der Waals surface area contributed by atoms with Crippen molar-refractivity contribution in [2.24, 2.45) is 0 Å². The second-order valence-corrected chi connectivity index (χ2v) is 16.9. The maximum atomic E-state index is 2.20. The van der Waals surface area contributed by atoms with E-state index in [-0.39, 0.29) is 0 Å². The van der Waals surface area contributed by atoms with E-state index in [9.17, 15) is 0 Å². The Morgan fingerprint density at radius 3 is 0.985 bits per heavy atom. The van der Waals surface area contributed by atoms with Gasteiger partial charge in [-0.1, -0.05) is 282 Å². The number of aryl methyl sites for hydroxylation is 10. The first kappa shape index (κ1) is 51.4. The minimum absolute atomic E-state index is 1.28. The number of hydrogen-bond acceptors (Lipinski definition) is 0. The zero-order valence-corrected chi connectivity index (χ0v) is 41.1. The Morgan fingerprint density at radius 1 is 0.182 bits per heavy atom. The molecule has 0 aliphatic heterocycles. The molecule has 10 rings (SSSR count). The van der Waals surface area contributed by atoms with Crippen LogP contribution in [0.15, 0.2) is 243 Å². The second-order valence-electron chi connectivity index (χ2n) is 16.9. The molecule has 0 saturated heterocycles. The first-order valence-corrected chi connectivity index (χ1v) is 23.0. The van der Waals surface area contributed by atoms with Crippen LogP contribution >= 0.6 is 0 Å². The van der Waals surface area contributed by atoms with Crippen molar-refractivity contribution in [3.05, 3.63) is 298 Å². The lowest BCUT2D eigenvalue weighted by Gasteiger charge is -2.00. The van der Waals surface area contributed by atoms with Gasteiger partial charge in [-0.3, -0.25) is 0 Å². The molecule has 0 radical (unpaired) electrons. The lowest BCUT2D eigenvalue weighted by Crippen LogP contribution is -1.76. The predicted octanol–water partition coefficient (Wildman–Crippen LogP) is 18.9. The van der Waals surface area contributed by atoms with E-state index in [0.717, 1.165) is 0 Å². The maximum absolute atomic E-state index is 2.20. The van der Waals surface area contributed by atoms with Crippen LogP contribution in [0.3, 0.4) is 0 Å². The van der Waals surface area contributed by atoms with Crippen LogP contribution in [0, 0.1) is 69.2 Å². The zero-order valence-electron chi connectivity index (χ0n) is 41.1. The van der Waals surface area contributed by atoms with E-state index in [4.69, 9.17) is 0 Å². The normalized spacial score (nSPS) is 9.67. The quantitative estimate of drug-likeness (QED) is 0.154. The smallest absolute Gasteiger partial charge is 0.0155 e. The molecule has 0 fully saturated rings. The fourth-order valence-corrected chi connectivity index (χ4v) is 6.71. The lowest BCUT2D eigenvalue weighted by molar-refractivity contribution is 1.34. The topological polar surface area (TPSA) is 0 Å². The monoisotopic (exact) mass is 863 g/mol. The molecule has 0 aromatic heterocycles. The van der Waals surface area contributed by atoms with E-state index >= 15 is 0 Å². The molecule has 0 nitrogen and oxygen atoms in total. The van der Waals surface area contributed by atoms with Crippen LogP contribution in [0.1, 0.15) is 55.6 Å². The van der Waals surface area contributed by atoms with Crippen molar-refractivity contribution in [1.82, 2.24) is 0 Å². The van der Waals surface area contributed by atoms with Crippen LogP contribution in [-0.2, 0) is 0 Å². The minimum atomic E-state index is 1.28. The van der Waals surface area contributed by atoms with Crippen LogP contribution in [0.5, 0.6) is 0 Å². The predicted molar refractivity (Wildman–Crippen MR) is 293 cm³/mol. The van der Waals surface area contributed by atoms with Gasteiger partial charge in [-0.2, -0.15) is 0 Å². The molecule has 0 amide bonds. The van der Waals surface area contributed by atoms with E-state index in [1.807, 2.05) is 24.3 Å². The van der Waals surface area contributed by atoms with Crippen molar-refractivity contribution in [3.63, 3.8) is 0 Å². The molecule has 0 bridgehead atoms. The molecule has 10 aromatic rings. The summed E-state index contributed by atoms with van der Waals surface area (Å²) in [6.45, 7) is 21.1. The summed E-state index contributed by atoms with van der Waals surface area (Å²) in [6.07, 6.45) is 0. The number of rotatable bonds is 1. The Morgan fingerprint density at radius 2 is 0.515 bits per heavy atom. The molecule has 10 aromatic carbocycles. The summed E-state index contributed by atoms with van der Waals surface area (Å²) in [5.41, 5.74) is 15.9. The Labute approximate surface area is 398 Å². The first-order chi connectivity index (χ1) is 31.9. The Bertz CT molecular complexity index is 2800. The van der Waals surface area contributed by atoms with Crippen molar-refractivity contribution in [3.8, 4) is 11.1 Å². The lowest BCUT2D eigenvalue weighted by atomic mass is 10.0. The Kier molecular flexibility index (Phi) is 22.2. The van der Waals surface area contributed by atoms with Gasteiger partial charge in [-0.05, 0) is 119 Å². The van der Waals surface area contributed by atoms with Gasteiger partial charge in [0.2, 0.25) is 0 Å². The van der Waals surface area contributed by atoms with Crippen LogP contribution < -0.4 is 0 Å². The standard InChI is InChI=1S/C13H12.2C11H10.3C8H10.C7H8/c1-11-7-9-13(10-8-11)12-5-3-2-4-6-12;1-9-5-4-7-10-6-2-3-8-11(9)10;1-9-6-7-10-4-2-3-5-11(10)8-9;1-7-3-5-8(2)6-4-7;1-7-4-3-5-8(2)6-7;1-7-5-3-4-6-8(7)2;1-7-5-3-2-4-6-7/h2-10H,1H3;2*2-8H,1H3;3*3-6H,1-2H3;2-6H,1H3. The van der Waals surface area contributed by atoms with Gasteiger partial charge in [0, 0.05) is 0 Å². The molecular weight excluding hydrogens is 793 g/mol. The molecule has 0 aliphatic carbocycles. The molecule has 66 heavy (non-hydrogen) atoms. The van der Waals surface area contributed by atoms with Gasteiger partial charge in [0.05, 0.1) is 0 Å². The van der Waals surface area contributed by atoms with Crippen LogP contribution in [0.4, 0.5) is 0 Å². The van der Waals surface area contributed by atoms with E-state index < -0.39 is 0 Å². The largest absolute Gasteiger partial charge is 0.0622 e. The van der Waals surface area contributed by atoms with E-state index in [1.165, 1.54) is 88.3 Å². The Hall–Kier alpha value is -7.28. The summed E-state index contributed by atoms with van der Waals surface area (Å²) in [5.74, 6) is 0. The Balaban J connectivity index is 0.000000170. The van der Waals surface area contributed by atoms with Gasteiger partial charge in [-0.15, -0.1) is 0 Å². The number of benzene rings is 10. The van der Waals surface area contributed by atoms with Gasteiger partial charge in [0.15, 0.2) is 0 Å². The highest BCUT2D eigenvalue weighted by Crippen LogP contribution is 2.19. The SMILES string of the molecule is Cc1ccc(-c2ccccc2)cc1.Cc1ccc(C)cc1.Cc1ccc2ccccc2c1.Cc1cccc(C)c1.Cc1cccc2ccccc12.Cc1ccccc1.Cc1ccccc1C. The average Bonchev–Trinajstić information content (AvgIpc) is 3.33. The molecule has 0 atom stereocenters. The zero-order chi connectivity index (χ0) is 47.5. The molecule has 334 valence electrons. The molecule has 0 heterocycles. The van der Waals surface area contributed by atoms with Crippen molar-refractivity contribution in [2.75, 3.05) is 0 Å². The maximum Gasteiger partial charge on any atom is -0.0155 e. The molecule has 0 heteroatoms. The van der Waals surface area contributed by atoms with Crippen LogP contribution in [0.25, 0.3) is 32.7 Å². The second kappa shape index (κ2) is 28.5. The molecule has 0 unspecified atom stereocenters. The third kappa shape index (κ3) is 19.6. The fourth-order valence-electron chi connectivity index (χ4n) is 6.71. The minimum Gasteiger partial charge on any atom is -0.0622 e. The highest BCUT2D eigenvalue weighted by molar-refractivity contribution is 5.85. The van der Waals surface area contributed by atoms with Crippen molar-refractivity contribution >= 4 is 21.5 Å². The van der Waals surface area contributed by atoms with Crippen LogP contribution in [0.2, 0.25) is 0 Å². The van der Waals surface area contributed by atoms with Gasteiger partial charge in [-0.25, -0.2) is 0 Å². The van der Waals surface area contributed by atoms with Crippen molar-refractivity contribution in [2.45, 2.75) is 69.2 Å². The molecule has 0 N–H and O–H groups in total. The van der Waals surface area contributed by atoms with Gasteiger partial charge in [0.25, 0.3) is 0 Å². The van der Waals surface area contributed by atoms with E-state index in [0.29, 0.717) is 0 Å². The molecule has 0 saturated carbocycles. The summed E-state index contributed by atoms with van der Waals surface area (Å²) in [7, 11) is 0. The summed E-state index contributed by atoms with van der Waals surface area (Å²) in [6, 6.07) is 84.3. The van der Waals surface area contributed by atoms with Gasteiger partial charge >= 0.3 is 0 Å². The highest BCUT2D eigenvalue weighted by Gasteiger charge is 1.95. The van der Waals surface area contributed by atoms with Crippen molar-refractivity contribution < 1.29 is 0 Å². The van der Waals surface area contributed by atoms with E-state index in [2.05, 4.69) is 288 Å². The molecular formula is C66H70. The van der Waals surface area contributed by atoms with E-state index in [1.54, 1.807) is 0 Å². The summed E-state index contributed by atoms with van der Waals surface area (Å²) in [4.78, 5) is 0. The molecule has 0 spiro atoms. The van der Waals surface area contributed by atoms with Gasteiger partial charge in [0.1, 0.15) is 0 Å². The number of hydrogen-bond donors (Lipinski definition) is 0. The van der Waals surface area contributed by atoms with Crippen LogP contribution in [-0.4, -0.2) is 0 Å². The fraction of sp³-hybridized carbons (Fsp3) is 0.152. The summed E-state index contributed by atoms with van der Waals surface area (Å²) < 4.78 is 0. The highest BCUT2D eigenvalue weighted by atomic mass is 14.0. The number of fused-ring (bicyclic) bond motifs is 2. The average molecular weight is 863 g/mol. The first-order valence-electron chi connectivity index (χ1n) is 23.0. The van der Waals surface area contributed by atoms with Crippen molar-refractivity contribution in [1.29, 1.82) is 0 Å². The third-order valence-corrected chi connectivity index (χ3v) is 10.8. The summed E-state index contributed by atoms with van der Waals surface area (Å²) in [5, 5.41) is 5.33. The third-order valence-electron chi connectivity index (χ3n) is 10.8.